The molecule has 1 atom stereocenters. The second kappa shape index (κ2) is 11.9. The third-order valence-corrected chi connectivity index (χ3v) is 5.91. The molecule has 0 spiro atoms. The summed E-state index contributed by atoms with van der Waals surface area (Å²) in [5.41, 5.74) is -0.735. The summed E-state index contributed by atoms with van der Waals surface area (Å²) < 4.78 is 49.5. The fourth-order valence-electron chi connectivity index (χ4n) is 4.15. The number of esters is 1. The summed E-state index contributed by atoms with van der Waals surface area (Å²) >= 11 is 0. The lowest BCUT2D eigenvalue weighted by molar-refractivity contribution is -0.156. The monoisotopic (exact) mass is 543 g/mol. The maximum Gasteiger partial charge on any atom is 0.323 e. The minimum Gasteiger partial charge on any atom is -0.459 e. The SMILES string of the molecule is CNc1c(C(=O)c2ccc(F)cc2F)ccc(=O)n1-c1c(C)cc(CCNC(C)C(=O)OC(C)(C)C)cc1F. The van der Waals surface area contributed by atoms with Crippen LogP contribution in [0.2, 0.25) is 0 Å². The number of halogens is 3. The second-order valence-electron chi connectivity index (χ2n) is 10.2. The Bertz CT molecular complexity index is 1440. The summed E-state index contributed by atoms with van der Waals surface area (Å²) in [7, 11) is 1.45. The van der Waals surface area contributed by atoms with Gasteiger partial charge in [-0.3, -0.25) is 19.0 Å². The van der Waals surface area contributed by atoms with Crippen molar-refractivity contribution < 1.29 is 27.5 Å². The molecule has 0 aliphatic heterocycles. The number of carbonyl (C=O) groups excluding carboxylic acids is 2. The van der Waals surface area contributed by atoms with E-state index in [9.17, 15) is 23.2 Å². The van der Waals surface area contributed by atoms with Gasteiger partial charge in [0, 0.05) is 19.2 Å². The van der Waals surface area contributed by atoms with Gasteiger partial charge in [0.2, 0.25) is 0 Å². The molecule has 0 bridgehead atoms. The molecule has 2 N–H and O–H groups in total. The Hall–Kier alpha value is -3.92. The van der Waals surface area contributed by atoms with Gasteiger partial charge in [-0.1, -0.05) is 6.07 Å². The number of aryl methyl sites for hydroxylation is 1. The van der Waals surface area contributed by atoms with Crippen LogP contribution in [-0.2, 0) is 16.0 Å². The largest absolute Gasteiger partial charge is 0.459 e. The first-order valence-corrected chi connectivity index (χ1v) is 12.4. The molecule has 7 nitrogen and oxygen atoms in total. The first-order chi connectivity index (χ1) is 18.2. The Labute approximate surface area is 225 Å². The number of benzene rings is 2. The predicted molar refractivity (Wildman–Crippen MR) is 143 cm³/mol. The van der Waals surface area contributed by atoms with E-state index in [0.717, 1.165) is 22.8 Å². The fraction of sp³-hybridized carbons (Fsp3) is 0.345. The highest BCUT2D eigenvalue weighted by Crippen LogP contribution is 2.27. The molecule has 2 aromatic carbocycles. The van der Waals surface area contributed by atoms with Crippen LogP contribution in [0, 0.1) is 24.4 Å². The Morgan fingerprint density at radius 3 is 2.26 bits per heavy atom. The van der Waals surface area contributed by atoms with Crippen molar-refractivity contribution in [1.29, 1.82) is 0 Å². The minimum atomic E-state index is -1.05. The van der Waals surface area contributed by atoms with Crippen molar-refractivity contribution in [2.24, 2.45) is 0 Å². The van der Waals surface area contributed by atoms with Gasteiger partial charge in [-0.15, -0.1) is 0 Å². The summed E-state index contributed by atoms with van der Waals surface area (Å²) in [5.74, 6) is -3.84. The summed E-state index contributed by atoms with van der Waals surface area (Å²) in [5, 5.41) is 5.81. The Balaban J connectivity index is 1.91. The van der Waals surface area contributed by atoms with E-state index in [2.05, 4.69) is 10.6 Å². The van der Waals surface area contributed by atoms with E-state index in [1.54, 1.807) is 40.7 Å². The fourth-order valence-corrected chi connectivity index (χ4v) is 4.15. The summed E-state index contributed by atoms with van der Waals surface area (Å²) in [6.45, 7) is 9.01. The van der Waals surface area contributed by atoms with Gasteiger partial charge in [0.15, 0.2) is 5.78 Å². The van der Waals surface area contributed by atoms with E-state index >= 15 is 4.39 Å². The van der Waals surface area contributed by atoms with Crippen LogP contribution >= 0.6 is 0 Å². The molecule has 0 amide bonds. The van der Waals surface area contributed by atoms with Crippen molar-refractivity contribution in [3.8, 4) is 5.69 Å². The molecule has 1 unspecified atom stereocenters. The highest BCUT2D eigenvalue weighted by atomic mass is 19.1. The number of carbonyl (C=O) groups is 2. The summed E-state index contributed by atoms with van der Waals surface area (Å²) in [6, 6.07) is 7.29. The number of anilines is 1. The molecular weight excluding hydrogens is 511 g/mol. The zero-order valence-corrected chi connectivity index (χ0v) is 22.7. The van der Waals surface area contributed by atoms with Crippen LogP contribution in [-0.4, -0.2) is 41.6 Å². The number of hydrogen-bond acceptors (Lipinski definition) is 6. The minimum absolute atomic E-state index is 0.0428. The first-order valence-electron chi connectivity index (χ1n) is 12.4. The number of ketones is 1. The lowest BCUT2D eigenvalue weighted by atomic mass is 10.0. The number of aromatic nitrogens is 1. The molecule has 3 rings (SSSR count). The Morgan fingerprint density at radius 1 is 1.00 bits per heavy atom. The van der Waals surface area contributed by atoms with Gasteiger partial charge < -0.3 is 15.4 Å². The number of nitrogens with zero attached hydrogens (tertiary/aromatic N) is 1. The van der Waals surface area contributed by atoms with Crippen molar-refractivity contribution in [1.82, 2.24) is 9.88 Å². The standard InChI is InChI=1S/C29H32F3N3O4/c1-16-13-18(11-12-34-17(2)28(38)39-29(3,4)5)14-23(32)25(16)35-24(36)10-9-21(27(35)33-6)26(37)20-8-7-19(30)15-22(20)31/h7-10,13-15,17,33-34H,11-12H2,1-6H3. The van der Waals surface area contributed by atoms with E-state index in [4.69, 9.17) is 4.74 Å². The van der Waals surface area contributed by atoms with Crippen LogP contribution < -0.4 is 16.2 Å². The summed E-state index contributed by atoms with van der Waals surface area (Å²) in [6.07, 6.45) is 0.390. The lowest BCUT2D eigenvalue weighted by Crippen LogP contribution is -2.40. The first kappa shape index (κ1) is 29.6. The third kappa shape index (κ3) is 6.94. The van der Waals surface area contributed by atoms with Crippen molar-refractivity contribution in [3.05, 3.63) is 92.5 Å². The second-order valence-corrected chi connectivity index (χ2v) is 10.2. The quantitative estimate of drug-likeness (QED) is 0.301. The normalized spacial score (nSPS) is 12.2. The number of nitrogens with one attached hydrogen (secondary N) is 2. The lowest BCUT2D eigenvalue weighted by Gasteiger charge is -2.23. The molecule has 0 fully saturated rings. The number of rotatable bonds is 9. The van der Waals surface area contributed by atoms with Gasteiger partial charge in [0.05, 0.1) is 16.8 Å². The van der Waals surface area contributed by atoms with Crippen LogP contribution in [0.4, 0.5) is 19.0 Å². The highest BCUT2D eigenvalue weighted by molar-refractivity contribution is 6.12. The Morgan fingerprint density at radius 2 is 1.67 bits per heavy atom. The van der Waals surface area contributed by atoms with E-state index in [1.807, 2.05) is 0 Å². The van der Waals surface area contributed by atoms with E-state index in [0.29, 0.717) is 30.2 Å². The average molecular weight is 544 g/mol. The smallest absolute Gasteiger partial charge is 0.323 e. The van der Waals surface area contributed by atoms with Gasteiger partial charge in [-0.2, -0.15) is 0 Å². The average Bonchev–Trinajstić information content (AvgIpc) is 2.83. The molecule has 0 aliphatic rings. The van der Waals surface area contributed by atoms with Gasteiger partial charge in [-0.25, -0.2) is 13.2 Å². The van der Waals surface area contributed by atoms with Gasteiger partial charge in [-0.05, 0) is 83.0 Å². The maximum absolute atomic E-state index is 15.5. The zero-order valence-electron chi connectivity index (χ0n) is 22.7. The van der Waals surface area contributed by atoms with E-state index in [-0.39, 0.29) is 17.1 Å². The van der Waals surface area contributed by atoms with Gasteiger partial charge >= 0.3 is 5.97 Å². The van der Waals surface area contributed by atoms with Crippen LogP contribution in [0.3, 0.4) is 0 Å². The maximum atomic E-state index is 15.5. The topological polar surface area (TPSA) is 89.4 Å². The molecule has 0 saturated heterocycles. The van der Waals surface area contributed by atoms with Crippen molar-refractivity contribution in [2.75, 3.05) is 18.9 Å². The molecule has 1 aromatic heterocycles. The highest BCUT2D eigenvalue weighted by Gasteiger charge is 2.24. The van der Waals surface area contributed by atoms with E-state index in [1.165, 1.54) is 19.2 Å². The molecule has 0 aliphatic carbocycles. The van der Waals surface area contributed by atoms with E-state index < -0.39 is 52.0 Å². The van der Waals surface area contributed by atoms with Crippen LogP contribution in [0.15, 0.2) is 47.3 Å². The number of hydrogen-bond donors (Lipinski definition) is 2. The zero-order chi connectivity index (χ0) is 29.1. The molecule has 208 valence electrons. The molecule has 0 saturated carbocycles. The van der Waals surface area contributed by atoms with Crippen LogP contribution in [0.5, 0.6) is 0 Å². The molecule has 1 heterocycles. The Kier molecular flexibility index (Phi) is 9.01. The third-order valence-electron chi connectivity index (χ3n) is 5.91. The number of pyridine rings is 1. The molecule has 3 aromatic rings. The van der Waals surface area contributed by atoms with Crippen molar-refractivity contribution >= 4 is 17.6 Å². The van der Waals surface area contributed by atoms with Crippen LogP contribution in [0.1, 0.15) is 54.7 Å². The predicted octanol–water partition coefficient (Wildman–Crippen LogP) is 4.70. The van der Waals surface area contributed by atoms with Gasteiger partial charge in [0.1, 0.15) is 34.9 Å². The molecule has 10 heteroatoms. The molecular formula is C29H32F3N3O4. The molecule has 0 radical (unpaired) electrons. The van der Waals surface area contributed by atoms with Gasteiger partial charge in [0.25, 0.3) is 5.56 Å². The summed E-state index contributed by atoms with van der Waals surface area (Å²) in [4.78, 5) is 38.2. The van der Waals surface area contributed by atoms with Crippen molar-refractivity contribution in [2.45, 2.75) is 52.7 Å². The number of ether oxygens (including phenoxy) is 1. The van der Waals surface area contributed by atoms with Crippen LogP contribution in [0.25, 0.3) is 5.69 Å². The van der Waals surface area contributed by atoms with Crippen molar-refractivity contribution in [3.63, 3.8) is 0 Å². The molecule has 39 heavy (non-hydrogen) atoms.